The zero-order valence-corrected chi connectivity index (χ0v) is 13.3. The van der Waals surface area contributed by atoms with E-state index in [0.29, 0.717) is 18.2 Å². The maximum atomic E-state index is 11.9. The highest BCUT2D eigenvalue weighted by atomic mass is 16.5. The Morgan fingerprint density at radius 3 is 2.62 bits per heavy atom. The zero-order chi connectivity index (χ0) is 15.8. The number of aromatic hydroxyl groups is 1. The first-order valence-corrected chi connectivity index (χ1v) is 7.65. The number of phenols is 1. The van der Waals surface area contributed by atoms with Crippen LogP contribution >= 0.6 is 0 Å². The summed E-state index contributed by atoms with van der Waals surface area (Å²) < 4.78 is 5.21. The maximum Gasteiger partial charge on any atom is 0.341 e. The summed E-state index contributed by atoms with van der Waals surface area (Å²) in [7, 11) is 0. The number of anilines is 1. The number of esters is 1. The molecule has 0 spiro atoms. The molecule has 3 N–H and O–H groups in total. The average molecular weight is 293 g/mol. The van der Waals surface area contributed by atoms with E-state index < -0.39 is 5.97 Å². The number of ether oxygens (including phenoxy) is 1. The van der Waals surface area contributed by atoms with E-state index >= 15 is 0 Å². The van der Waals surface area contributed by atoms with Gasteiger partial charge in [0.25, 0.3) is 0 Å². The van der Waals surface area contributed by atoms with Crippen LogP contribution in [0.2, 0.25) is 0 Å². The van der Waals surface area contributed by atoms with Crippen molar-refractivity contribution < 1.29 is 14.6 Å². The normalized spacial score (nSPS) is 12.4. The van der Waals surface area contributed by atoms with Gasteiger partial charge in [-0.3, -0.25) is 0 Å². The van der Waals surface area contributed by atoms with Crippen LogP contribution < -0.4 is 5.73 Å². The number of carbonyl (C=O) groups excluding carboxylic acids is 1. The van der Waals surface area contributed by atoms with Crippen molar-refractivity contribution in [1.29, 1.82) is 0 Å². The second kappa shape index (κ2) is 8.55. The summed E-state index contributed by atoms with van der Waals surface area (Å²) in [6.45, 7) is 7.00. The third kappa shape index (κ3) is 6.52. The third-order valence-corrected chi connectivity index (χ3v) is 3.56. The smallest absolute Gasteiger partial charge is 0.341 e. The second-order valence-electron chi connectivity index (χ2n) is 6.13. The molecule has 0 unspecified atom stereocenters. The minimum absolute atomic E-state index is 0.0980. The largest absolute Gasteiger partial charge is 0.507 e. The highest BCUT2D eigenvalue weighted by Gasteiger charge is 2.13. The second-order valence-corrected chi connectivity index (χ2v) is 6.13. The molecule has 21 heavy (non-hydrogen) atoms. The summed E-state index contributed by atoms with van der Waals surface area (Å²) in [5.74, 6) is 0.654. The van der Waals surface area contributed by atoms with E-state index in [2.05, 4.69) is 20.8 Å². The number of rotatable bonds is 8. The van der Waals surface area contributed by atoms with Gasteiger partial charge in [-0.1, -0.05) is 40.0 Å². The Kier molecular flexibility index (Phi) is 7.06. The Hall–Kier alpha value is -1.71. The fraction of sp³-hybridized carbons (Fsp3) is 0.588. The van der Waals surface area contributed by atoms with E-state index in [4.69, 9.17) is 10.5 Å². The molecule has 1 rings (SSSR count). The van der Waals surface area contributed by atoms with Gasteiger partial charge in [-0.25, -0.2) is 4.79 Å². The minimum atomic E-state index is -0.519. The molecular weight excluding hydrogens is 266 g/mol. The number of nitrogens with two attached hydrogens (primary N) is 1. The molecule has 1 aromatic rings. The number of nitrogen functional groups attached to an aromatic ring is 1. The van der Waals surface area contributed by atoms with Crippen molar-refractivity contribution in [3.8, 4) is 5.75 Å². The van der Waals surface area contributed by atoms with Crippen molar-refractivity contribution in [3.63, 3.8) is 0 Å². The molecule has 0 radical (unpaired) electrons. The summed E-state index contributed by atoms with van der Waals surface area (Å²) in [4.78, 5) is 11.9. The summed E-state index contributed by atoms with van der Waals surface area (Å²) in [6, 6.07) is 4.38. The average Bonchev–Trinajstić information content (AvgIpc) is 2.41. The van der Waals surface area contributed by atoms with E-state index in [1.807, 2.05) is 0 Å². The van der Waals surface area contributed by atoms with Crippen LogP contribution in [0.5, 0.6) is 5.75 Å². The van der Waals surface area contributed by atoms with Gasteiger partial charge in [0.1, 0.15) is 11.3 Å². The van der Waals surface area contributed by atoms with Gasteiger partial charge >= 0.3 is 5.97 Å². The van der Waals surface area contributed by atoms with Crippen LogP contribution in [0.1, 0.15) is 56.8 Å². The predicted molar refractivity (Wildman–Crippen MR) is 85.3 cm³/mol. The van der Waals surface area contributed by atoms with Gasteiger partial charge in [-0.2, -0.15) is 0 Å². The Morgan fingerprint density at radius 1 is 1.24 bits per heavy atom. The third-order valence-electron chi connectivity index (χ3n) is 3.56. The Balaban J connectivity index is 2.31. The van der Waals surface area contributed by atoms with Crippen LogP contribution in [-0.4, -0.2) is 17.7 Å². The van der Waals surface area contributed by atoms with Gasteiger partial charge in [0.15, 0.2) is 0 Å². The summed E-state index contributed by atoms with van der Waals surface area (Å²) >= 11 is 0. The van der Waals surface area contributed by atoms with Crippen LogP contribution in [0.15, 0.2) is 18.2 Å². The summed E-state index contributed by atoms with van der Waals surface area (Å²) in [6.07, 6.45) is 4.44. The first kappa shape index (κ1) is 17.3. The number of carbonyl (C=O) groups is 1. The molecule has 0 aromatic heterocycles. The molecule has 0 aliphatic carbocycles. The first-order valence-electron chi connectivity index (χ1n) is 7.65. The van der Waals surface area contributed by atoms with E-state index in [-0.39, 0.29) is 11.3 Å². The van der Waals surface area contributed by atoms with Crippen LogP contribution in [-0.2, 0) is 4.74 Å². The fourth-order valence-corrected chi connectivity index (χ4v) is 2.17. The number of hydrogen-bond donors (Lipinski definition) is 2. The molecular formula is C17H27NO3. The van der Waals surface area contributed by atoms with E-state index in [1.54, 1.807) is 6.07 Å². The van der Waals surface area contributed by atoms with Crippen molar-refractivity contribution >= 4 is 11.7 Å². The lowest BCUT2D eigenvalue weighted by atomic mass is 9.98. The molecule has 1 aromatic carbocycles. The summed E-state index contributed by atoms with van der Waals surface area (Å²) in [5.41, 5.74) is 6.16. The van der Waals surface area contributed by atoms with Crippen LogP contribution in [0.4, 0.5) is 5.69 Å². The molecule has 0 bridgehead atoms. The quantitative estimate of drug-likeness (QED) is 0.432. The van der Waals surface area contributed by atoms with Gasteiger partial charge < -0.3 is 15.6 Å². The first-order chi connectivity index (χ1) is 9.90. The summed E-state index contributed by atoms with van der Waals surface area (Å²) in [5, 5.41) is 9.63. The molecule has 0 amide bonds. The van der Waals surface area contributed by atoms with Crippen LogP contribution in [0.3, 0.4) is 0 Å². The Bertz CT molecular complexity index is 457. The molecule has 118 valence electrons. The maximum absolute atomic E-state index is 11.9. The van der Waals surface area contributed by atoms with Gasteiger partial charge in [-0.05, 0) is 36.5 Å². The SMILES string of the molecule is CC(C)CCC[C@@H](C)CCOC(=O)c1cc(N)ccc1O. The minimum Gasteiger partial charge on any atom is -0.507 e. The van der Waals surface area contributed by atoms with Crippen molar-refractivity contribution in [3.05, 3.63) is 23.8 Å². The van der Waals surface area contributed by atoms with Crippen LogP contribution in [0.25, 0.3) is 0 Å². The lowest BCUT2D eigenvalue weighted by Gasteiger charge is -2.13. The lowest BCUT2D eigenvalue weighted by molar-refractivity contribution is 0.0480. The van der Waals surface area contributed by atoms with E-state index in [9.17, 15) is 9.90 Å². The van der Waals surface area contributed by atoms with Crippen molar-refractivity contribution in [2.24, 2.45) is 11.8 Å². The monoisotopic (exact) mass is 293 g/mol. The van der Waals surface area contributed by atoms with Gasteiger partial charge in [0.2, 0.25) is 0 Å². The number of phenolic OH excluding ortho intramolecular Hbond substituents is 1. The van der Waals surface area contributed by atoms with Gasteiger partial charge in [0, 0.05) is 5.69 Å². The van der Waals surface area contributed by atoms with E-state index in [1.165, 1.54) is 25.0 Å². The highest BCUT2D eigenvalue weighted by Crippen LogP contribution is 2.21. The number of hydrogen-bond acceptors (Lipinski definition) is 4. The molecule has 0 aliphatic heterocycles. The standard InChI is InChI=1S/C17H27NO3/c1-12(2)5-4-6-13(3)9-10-21-17(20)15-11-14(18)7-8-16(15)19/h7-8,11-13,19H,4-6,9-10,18H2,1-3H3/t13-/m1/s1. The lowest BCUT2D eigenvalue weighted by Crippen LogP contribution is -2.10. The van der Waals surface area contributed by atoms with Gasteiger partial charge in [0.05, 0.1) is 6.61 Å². The Labute approximate surface area is 127 Å². The molecule has 4 heteroatoms. The molecule has 0 fully saturated rings. The molecule has 0 aliphatic rings. The van der Waals surface area contributed by atoms with Crippen molar-refractivity contribution in [1.82, 2.24) is 0 Å². The molecule has 1 atom stereocenters. The predicted octanol–water partition coefficient (Wildman–Crippen LogP) is 3.98. The highest BCUT2D eigenvalue weighted by molar-refractivity contribution is 5.93. The van der Waals surface area contributed by atoms with Crippen molar-refractivity contribution in [2.45, 2.75) is 46.5 Å². The number of benzene rings is 1. The Morgan fingerprint density at radius 2 is 1.95 bits per heavy atom. The fourth-order valence-electron chi connectivity index (χ4n) is 2.17. The van der Waals surface area contributed by atoms with Gasteiger partial charge in [-0.15, -0.1) is 0 Å². The van der Waals surface area contributed by atoms with Crippen molar-refractivity contribution in [2.75, 3.05) is 12.3 Å². The van der Waals surface area contributed by atoms with Crippen LogP contribution in [0, 0.1) is 11.8 Å². The molecule has 4 nitrogen and oxygen atoms in total. The zero-order valence-electron chi connectivity index (χ0n) is 13.3. The molecule has 0 heterocycles. The molecule has 0 saturated carbocycles. The van der Waals surface area contributed by atoms with E-state index in [0.717, 1.165) is 18.8 Å². The molecule has 0 saturated heterocycles. The topological polar surface area (TPSA) is 72.5 Å².